The second-order valence-electron chi connectivity index (χ2n) is 5.19. The SMILES string of the molecule is CNC1CCN(C(=O)c2ccc(S(=O)(=O)C(F)F)cc2)CC1.Cl. The van der Waals surface area contributed by atoms with Gasteiger partial charge in [0.1, 0.15) is 0 Å². The Labute approximate surface area is 140 Å². The normalized spacial score (nSPS) is 16.3. The second-order valence-corrected chi connectivity index (χ2v) is 7.10. The number of carbonyl (C=O) groups is 1. The van der Waals surface area contributed by atoms with Gasteiger partial charge in [-0.15, -0.1) is 12.4 Å². The highest BCUT2D eigenvalue weighted by Crippen LogP contribution is 2.20. The number of rotatable bonds is 4. The van der Waals surface area contributed by atoms with Crippen molar-refractivity contribution in [3.63, 3.8) is 0 Å². The van der Waals surface area contributed by atoms with Crippen LogP contribution in [0.25, 0.3) is 0 Å². The molecule has 0 aromatic heterocycles. The minimum atomic E-state index is -4.62. The molecule has 0 aliphatic carbocycles. The summed E-state index contributed by atoms with van der Waals surface area (Å²) in [7, 11) is -2.74. The van der Waals surface area contributed by atoms with Gasteiger partial charge in [-0.2, -0.15) is 8.78 Å². The topological polar surface area (TPSA) is 66.5 Å². The fourth-order valence-electron chi connectivity index (χ4n) is 2.44. The Kier molecular flexibility index (Phi) is 6.91. The largest absolute Gasteiger partial charge is 0.341 e. The number of alkyl halides is 2. The number of halogens is 3. The third-order valence-corrected chi connectivity index (χ3v) is 5.25. The first kappa shape index (κ1) is 19.8. The summed E-state index contributed by atoms with van der Waals surface area (Å²) in [5.74, 6) is -3.68. The number of nitrogens with one attached hydrogen (secondary N) is 1. The number of amides is 1. The summed E-state index contributed by atoms with van der Waals surface area (Å²) in [6, 6.07) is 5.05. The molecule has 0 saturated carbocycles. The van der Waals surface area contributed by atoms with Gasteiger partial charge in [0.25, 0.3) is 5.91 Å². The summed E-state index contributed by atoms with van der Waals surface area (Å²) in [5.41, 5.74) is 0.302. The molecule has 0 spiro atoms. The number of benzene rings is 1. The molecule has 23 heavy (non-hydrogen) atoms. The van der Waals surface area contributed by atoms with Crippen LogP contribution in [-0.4, -0.2) is 51.2 Å². The highest BCUT2D eigenvalue weighted by Gasteiger charge is 2.27. The molecule has 130 valence electrons. The fourth-order valence-corrected chi connectivity index (χ4v) is 3.17. The van der Waals surface area contributed by atoms with Gasteiger partial charge >= 0.3 is 5.76 Å². The quantitative estimate of drug-likeness (QED) is 0.881. The summed E-state index contributed by atoms with van der Waals surface area (Å²) in [5, 5.41) is 3.16. The van der Waals surface area contributed by atoms with E-state index in [1.165, 1.54) is 12.1 Å². The van der Waals surface area contributed by atoms with Crippen molar-refractivity contribution in [3.8, 4) is 0 Å². The number of hydrogen-bond donors (Lipinski definition) is 1. The smallest absolute Gasteiger partial charge is 0.339 e. The fraction of sp³-hybridized carbons (Fsp3) is 0.500. The molecule has 0 radical (unpaired) electrons. The van der Waals surface area contributed by atoms with Crippen molar-refractivity contribution in [2.45, 2.75) is 29.5 Å². The number of likely N-dealkylation sites (tertiary alicyclic amines) is 1. The summed E-state index contributed by atoms with van der Waals surface area (Å²) >= 11 is 0. The van der Waals surface area contributed by atoms with Gasteiger partial charge in [-0.3, -0.25) is 4.79 Å². The van der Waals surface area contributed by atoms with Gasteiger partial charge in [0, 0.05) is 24.7 Å². The number of sulfone groups is 1. The standard InChI is InChI=1S/C14H18F2N2O3S.ClH/c1-17-11-6-8-18(9-7-11)13(19)10-2-4-12(5-3-10)22(20,21)14(15)16;/h2-5,11,14,17H,6-9H2,1H3;1H. The lowest BCUT2D eigenvalue weighted by Gasteiger charge is -2.31. The molecule has 5 nitrogen and oxygen atoms in total. The van der Waals surface area contributed by atoms with Gasteiger partial charge < -0.3 is 10.2 Å². The van der Waals surface area contributed by atoms with Gasteiger partial charge in [0.15, 0.2) is 0 Å². The van der Waals surface area contributed by atoms with E-state index in [1.54, 1.807) is 4.90 Å². The van der Waals surface area contributed by atoms with E-state index in [4.69, 9.17) is 0 Å². The van der Waals surface area contributed by atoms with Crippen molar-refractivity contribution >= 4 is 28.2 Å². The van der Waals surface area contributed by atoms with Gasteiger partial charge in [-0.25, -0.2) is 8.42 Å². The average molecular weight is 369 g/mol. The molecule has 1 aromatic carbocycles. The van der Waals surface area contributed by atoms with E-state index >= 15 is 0 Å². The van der Waals surface area contributed by atoms with E-state index in [0.29, 0.717) is 24.7 Å². The molecular formula is C14H19ClF2N2O3S. The Morgan fingerprint density at radius 1 is 1.22 bits per heavy atom. The van der Waals surface area contributed by atoms with Crippen LogP contribution in [0.4, 0.5) is 8.78 Å². The monoisotopic (exact) mass is 368 g/mol. The van der Waals surface area contributed by atoms with Crippen LogP contribution < -0.4 is 5.32 Å². The lowest BCUT2D eigenvalue weighted by atomic mass is 10.0. The lowest BCUT2D eigenvalue weighted by Crippen LogP contribution is -2.43. The molecule has 1 N–H and O–H groups in total. The molecule has 1 aliphatic heterocycles. The van der Waals surface area contributed by atoms with Crippen LogP contribution in [0, 0.1) is 0 Å². The van der Waals surface area contributed by atoms with Crippen LogP contribution in [0.15, 0.2) is 29.2 Å². The van der Waals surface area contributed by atoms with Crippen LogP contribution in [0.3, 0.4) is 0 Å². The number of carbonyl (C=O) groups excluding carboxylic acids is 1. The van der Waals surface area contributed by atoms with Crippen LogP contribution >= 0.6 is 12.4 Å². The molecule has 0 unspecified atom stereocenters. The van der Waals surface area contributed by atoms with Crippen LogP contribution in [0.1, 0.15) is 23.2 Å². The van der Waals surface area contributed by atoms with Crippen LogP contribution in [0.5, 0.6) is 0 Å². The maximum atomic E-state index is 12.4. The van der Waals surface area contributed by atoms with Gasteiger partial charge in [0.2, 0.25) is 9.84 Å². The Hall–Kier alpha value is -1.25. The summed E-state index contributed by atoms with van der Waals surface area (Å²) in [4.78, 5) is 13.5. The lowest BCUT2D eigenvalue weighted by molar-refractivity contribution is 0.0707. The minimum Gasteiger partial charge on any atom is -0.339 e. The van der Waals surface area contributed by atoms with E-state index < -0.39 is 20.5 Å². The van der Waals surface area contributed by atoms with Crippen molar-refractivity contribution in [2.75, 3.05) is 20.1 Å². The molecule has 2 rings (SSSR count). The third kappa shape index (κ3) is 4.39. The first-order valence-electron chi connectivity index (χ1n) is 6.95. The van der Waals surface area contributed by atoms with Crippen molar-refractivity contribution in [3.05, 3.63) is 29.8 Å². The van der Waals surface area contributed by atoms with E-state index in [-0.39, 0.29) is 18.3 Å². The zero-order valence-corrected chi connectivity index (χ0v) is 14.2. The van der Waals surface area contributed by atoms with Gasteiger partial charge in [0.05, 0.1) is 4.90 Å². The molecule has 0 atom stereocenters. The molecule has 1 saturated heterocycles. The average Bonchev–Trinajstić information content (AvgIpc) is 2.54. The minimum absolute atomic E-state index is 0. The molecule has 1 fully saturated rings. The van der Waals surface area contributed by atoms with E-state index in [9.17, 15) is 22.0 Å². The Morgan fingerprint density at radius 3 is 2.17 bits per heavy atom. The van der Waals surface area contributed by atoms with Crippen molar-refractivity contribution in [1.82, 2.24) is 10.2 Å². The molecule has 0 bridgehead atoms. The van der Waals surface area contributed by atoms with E-state index in [1.807, 2.05) is 7.05 Å². The predicted molar refractivity (Wildman–Crippen MR) is 84.9 cm³/mol. The summed E-state index contributed by atoms with van der Waals surface area (Å²) < 4.78 is 47.6. The van der Waals surface area contributed by atoms with Crippen LogP contribution in [0.2, 0.25) is 0 Å². The third-order valence-electron chi connectivity index (χ3n) is 3.85. The molecule has 9 heteroatoms. The first-order valence-corrected chi connectivity index (χ1v) is 8.49. The Balaban J connectivity index is 0.00000264. The van der Waals surface area contributed by atoms with Crippen molar-refractivity contribution < 1.29 is 22.0 Å². The molecule has 1 amide bonds. The summed E-state index contributed by atoms with van der Waals surface area (Å²) in [6.45, 7) is 1.23. The maximum Gasteiger partial charge on any atom is 0.341 e. The summed E-state index contributed by atoms with van der Waals surface area (Å²) in [6.07, 6.45) is 1.69. The van der Waals surface area contributed by atoms with E-state index in [0.717, 1.165) is 25.0 Å². The predicted octanol–water partition coefficient (Wildman–Crippen LogP) is 1.93. The molecular weight excluding hydrogens is 350 g/mol. The molecule has 1 aliphatic rings. The first-order chi connectivity index (χ1) is 10.4. The maximum absolute atomic E-state index is 12.4. The zero-order chi connectivity index (χ0) is 16.3. The highest BCUT2D eigenvalue weighted by atomic mass is 35.5. The second kappa shape index (κ2) is 8.03. The Morgan fingerprint density at radius 2 is 1.74 bits per heavy atom. The van der Waals surface area contributed by atoms with Crippen LogP contribution in [-0.2, 0) is 9.84 Å². The van der Waals surface area contributed by atoms with Crippen molar-refractivity contribution in [1.29, 1.82) is 0 Å². The highest BCUT2D eigenvalue weighted by molar-refractivity contribution is 7.91. The van der Waals surface area contributed by atoms with Gasteiger partial charge in [-0.05, 0) is 44.2 Å². The molecule has 1 heterocycles. The van der Waals surface area contributed by atoms with E-state index in [2.05, 4.69) is 5.32 Å². The number of piperidine rings is 1. The van der Waals surface area contributed by atoms with Crippen molar-refractivity contribution in [2.24, 2.45) is 0 Å². The number of nitrogens with zero attached hydrogens (tertiary/aromatic N) is 1. The van der Waals surface area contributed by atoms with Gasteiger partial charge in [-0.1, -0.05) is 0 Å². The zero-order valence-electron chi connectivity index (χ0n) is 12.5. The molecule has 1 aromatic rings. The number of hydrogen-bond acceptors (Lipinski definition) is 4. The Bertz CT molecular complexity index is 630.